The monoisotopic (exact) mass is 457 g/mol. The van der Waals surface area contributed by atoms with E-state index in [9.17, 15) is 9.59 Å². The van der Waals surface area contributed by atoms with E-state index in [4.69, 9.17) is 9.47 Å². The van der Waals surface area contributed by atoms with Gasteiger partial charge in [0, 0.05) is 23.7 Å². The van der Waals surface area contributed by atoms with Crippen LogP contribution in [0.4, 0.5) is 5.69 Å². The van der Waals surface area contributed by atoms with Gasteiger partial charge in [-0.25, -0.2) is 4.98 Å². The zero-order valence-corrected chi connectivity index (χ0v) is 18.8. The molecule has 0 atom stereocenters. The number of thiazole rings is 1. The van der Waals surface area contributed by atoms with E-state index >= 15 is 0 Å². The highest BCUT2D eigenvalue weighted by molar-refractivity contribution is 8.01. The SMILES string of the molecule is COc1cccc(CNC(=O)Cc2csc(SCC(=O)Nc3cccc(OC)c3)n2)c1. The lowest BCUT2D eigenvalue weighted by Gasteiger charge is -2.06. The number of carbonyl (C=O) groups excluding carboxylic acids is 2. The Morgan fingerprint density at radius 3 is 2.55 bits per heavy atom. The van der Waals surface area contributed by atoms with Crippen molar-refractivity contribution >= 4 is 40.6 Å². The van der Waals surface area contributed by atoms with E-state index < -0.39 is 0 Å². The largest absolute Gasteiger partial charge is 0.497 e. The van der Waals surface area contributed by atoms with Gasteiger partial charge in [0.1, 0.15) is 11.5 Å². The third-order valence-corrected chi connectivity index (χ3v) is 6.25. The zero-order valence-electron chi connectivity index (χ0n) is 17.2. The van der Waals surface area contributed by atoms with E-state index in [1.807, 2.05) is 41.8 Å². The maximum atomic E-state index is 12.2. The van der Waals surface area contributed by atoms with Gasteiger partial charge in [0.2, 0.25) is 11.8 Å². The molecule has 0 aliphatic rings. The van der Waals surface area contributed by atoms with E-state index in [2.05, 4.69) is 15.6 Å². The number of nitrogens with one attached hydrogen (secondary N) is 2. The minimum absolute atomic E-state index is 0.111. The predicted molar refractivity (Wildman–Crippen MR) is 123 cm³/mol. The fourth-order valence-corrected chi connectivity index (χ4v) is 4.32. The third-order valence-electron chi connectivity index (χ3n) is 4.18. The van der Waals surface area contributed by atoms with Gasteiger partial charge in [-0.05, 0) is 29.8 Å². The molecule has 0 unspecified atom stereocenters. The number of methoxy groups -OCH3 is 2. The first-order chi connectivity index (χ1) is 15.1. The van der Waals surface area contributed by atoms with Gasteiger partial charge in [-0.3, -0.25) is 9.59 Å². The van der Waals surface area contributed by atoms with Crippen molar-refractivity contribution in [2.24, 2.45) is 0 Å². The smallest absolute Gasteiger partial charge is 0.234 e. The summed E-state index contributed by atoms with van der Waals surface area (Å²) in [5, 5.41) is 7.55. The Hall–Kier alpha value is -3.04. The fourth-order valence-electron chi connectivity index (χ4n) is 2.67. The van der Waals surface area contributed by atoms with Crippen LogP contribution in [0.25, 0.3) is 0 Å². The van der Waals surface area contributed by atoms with Crippen LogP contribution in [0.5, 0.6) is 11.5 Å². The molecule has 9 heteroatoms. The molecule has 3 aromatic rings. The van der Waals surface area contributed by atoms with Gasteiger partial charge in [0.15, 0.2) is 4.34 Å². The molecule has 3 rings (SSSR count). The van der Waals surface area contributed by atoms with Crippen LogP contribution in [0.15, 0.2) is 58.3 Å². The molecule has 7 nitrogen and oxygen atoms in total. The normalized spacial score (nSPS) is 10.4. The van der Waals surface area contributed by atoms with E-state index in [1.54, 1.807) is 26.4 Å². The highest BCUT2D eigenvalue weighted by atomic mass is 32.2. The number of rotatable bonds is 10. The lowest BCUT2D eigenvalue weighted by atomic mass is 10.2. The lowest BCUT2D eigenvalue weighted by Crippen LogP contribution is -2.24. The number of carbonyl (C=O) groups is 2. The van der Waals surface area contributed by atoms with Gasteiger partial charge >= 0.3 is 0 Å². The number of amides is 2. The van der Waals surface area contributed by atoms with Gasteiger partial charge in [-0.1, -0.05) is 30.0 Å². The summed E-state index contributed by atoms with van der Waals surface area (Å²) in [7, 11) is 3.19. The highest BCUT2D eigenvalue weighted by Gasteiger charge is 2.10. The first-order valence-corrected chi connectivity index (χ1v) is 11.3. The third kappa shape index (κ3) is 7.30. The second kappa shape index (κ2) is 11.4. The van der Waals surface area contributed by atoms with Crippen molar-refractivity contribution in [3.8, 4) is 11.5 Å². The first-order valence-electron chi connectivity index (χ1n) is 9.46. The van der Waals surface area contributed by atoms with Crippen LogP contribution in [0, 0.1) is 0 Å². The summed E-state index contributed by atoms with van der Waals surface area (Å²) >= 11 is 2.76. The van der Waals surface area contributed by atoms with E-state index in [0.29, 0.717) is 23.7 Å². The molecule has 2 N–H and O–H groups in total. The van der Waals surface area contributed by atoms with E-state index in [1.165, 1.54) is 23.1 Å². The molecule has 162 valence electrons. The van der Waals surface area contributed by atoms with Gasteiger partial charge < -0.3 is 20.1 Å². The molecule has 0 fully saturated rings. The number of hydrogen-bond donors (Lipinski definition) is 2. The molecule has 1 heterocycles. The van der Waals surface area contributed by atoms with Gasteiger partial charge in [-0.15, -0.1) is 11.3 Å². The summed E-state index contributed by atoms with van der Waals surface area (Å²) in [4.78, 5) is 28.8. The van der Waals surface area contributed by atoms with Crippen LogP contribution in [0.1, 0.15) is 11.3 Å². The second-order valence-electron chi connectivity index (χ2n) is 6.48. The van der Waals surface area contributed by atoms with Gasteiger partial charge in [0.25, 0.3) is 0 Å². The van der Waals surface area contributed by atoms with Gasteiger partial charge in [-0.2, -0.15) is 0 Å². The van der Waals surface area contributed by atoms with Crippen molar-refractivity contribution in [3.05, 3.63) is 65.2 Å². The molecule has 0 bridgehead atoms. The Morgan fingerprint density at radius 1 is 1.03 bits per heavy atom. The van der Waals surface area contributed by atoms with Crippen molar-refractivity contribution < 1.29 is 19.1 Å². The van der Waals surface area contributed by atoms with Crippen molar-refractivity contribution in [2.45, 2.75) is 17.3 Å². The molecular formula is C22H23N3O4S2. The maximum Gasteiger partial charge on any atom is 0.234 e. The van der Waals surface area contributed by atoms with E-state index in [0.717, 1.165) is 15.7 Å². The van der Waals surface area contributed by atoms with Crippen molar-refractivity contribution in [1.29, 1.82) is 0 Å². The van der Waals surface area contributed by atoms with Crippen LogP contribution < -0.4 is 20.1 Å². The lowest BCUT2D eigenvalue weighted by molar-refractivity contribution is -0.120. The Kier molecular flexibility index (Phi) is 8.31. The van der Waals surface area contributed by atoms with Crippen molar-refractivity contribution in [3.63, 3.8) is 0 Å². The number of nitrogens with zero attached hydrogens (tertiary/aromatic N) is 1. The highest BCUT2D eigenvalue weighted by Crippen LogP contribution is 2.24. The van der Waals surface area contributed by atoms with Crippen molar-refractivity contribution in [2.75, 3.05) is 25.3 Å². The molecular weight excluding hydrogens is 434 g/mol. The molecule has 0 aliphatic heterocycles. The molecule has 1 aromatic heterocycles. The van der Waals surface area contributed by atoms with Crippen LogP contribution in [-0.4, -0.2) is 36.8 Å². The van der Waals surface area contributed by atoms with Crippen LogP contribution >= 0.6 is 23.1 Å². The Bertz CT molecular complexity index is 1040. The molecule has 0 spiro atoms. The Morgan fingerprint density at radius 2 is 1.77 bits per heavy atom. The zero-order chi connectivity index (χ0) is 22.1. The summed E-state index contributed by atoms with van der Waals surface area (Å²) in [5.74, 6) is 1.42. The molecule has 31 heavy (non-hydrogen) atoms. The number of benzene rings is 2. The molecule has 0 aliphatic carbocycles. The van der Waals surface area contributed by atoms with Gasteiger partial charge in [0.05, 0.1) is 32.1 Å². The number of thioether (sulfide) groups is 1. The van der Waals surface area contributed by atoms with E-state index in [-0.39, 0.29) is 24.0 Å². The fraction of sp³-hybridized carbons (Fsp3) is 0.227. The Balaban J connectivity index is 1.42. The average molecular weight is 458 g/mol. The summed E-state index contributed by atoms with van der Waals surface area (Å²) in [5.41, 5.74) is 2.32. The maximum absolute atomic E-state index is 12.2. The van der Waals surface area contributed by atoms with Crippen molar-refractivity contribution in [1.82, 2.24) is 10.3 Å². The summed E-state index contributed by atoms with van der Waals surface area (Å²) in [6.07, 6.45) is 0.192. The first kappa shape index (κ1) is 22.6. The molecule has 0 saturated heterocycles. The average Bonchev–Trinajstić information content (AvgIpc) is 3.23. The predicted octanol–water partition coefficient (Wildman–Crippen LogP) is 3.75. The topological polar surface area (TPSA) is 89.5 Å². The number of ether oxygens (including phenoxy) is 2. The molecule has 2 amide bonds. The summed E-state index contributed by atoms with van der Waals surface area (Å²) in [6.45, 7) is 0.423. The van der Waals surface area contributed by atoms with Crippen LogP contribution in [0.2, 0.25) is 0 Å². The Labute approximate surface area is 189 Å². The number of aromatic nitrogens is 1. The molecule has 2 aromatic carbocycles. The minimum atomic E-state index is -0.133. The second-order valence-corrected chi connectivity index (χ2v) is 8.56. The van der Waals surface area contributed by atoms with Crippen LogP contribution in [0.3, 0.4) is 0 Å². The standard InChI is InChI=1S/C22H23N3O4S2/c1-28-18-7-3-5-15(9-18)12-23-20(26)11-17-13-30-22(25-17)31-14-21(27)24-16-6-4-8-19(10-16)29-2/h3-10,13H,11-12,14H2,1-2H3,(H,23,26)(H,24,27). The number of anilines is 1. The molecule has 0 radical (unpaired) electrons. The quantitative estimate of drug-likeness (QED) is 0.451. The molecule has 0 saturated carbocycles. The summed E-state index contributed by atoms with van der Waals surface area (Å²) < 4.78 is 11.1. The minimum Gasteiger partial charge on any atom is -0.497 e. The summed E-state index contributed by atoms with van der Waals surface area (Å²) in [6, 6.07) is 14.7. The van der Waals surface area contributed by atoms with Crippen LogP contribution in [-0.2, 0) is 22.6 Å². The number of hydrogen-bond acceptors (Lipinski definition) is 7.